The molecule has 104 valence electrons. The summed E-state index contributed by atoms with van der Waals surface area (Å²) in [4.78, 5) is 12.4. The molecule has 4 heteroatoms. The minimum atomic E-state index is 0.0160. The minimum absolute atomic E-state index is 0.0160. The molecule has 0 saturated heterocycles. The highest BCUT2D eigenvalue weighted by Gasteiger charge is 2.68. The molecule has 4 nitrogen and oxygen atoms in total. The topological polar surface area (TPSA) is 64.3 Å². The zero-order valence-electron chi connectivity index (χ0n) is 12.2. The lowest BCUT2D eigenvalue weighted by Crippen LogP contribution is -2.18. The number of hydrogen-bond donors (Lipinski definition) is 2. The number of ether oxygens (including phenoxy) is 1. The van der Waals surface area contributed by atoms with Crippen molar-refractivity contribution in [2.24, 2.45) is 16.7 Å². The van der Waals surface area contributed by atoms with Crippen molar-refractivity contribution in [3.63, 3.8) is 0 Å². The van der Waals surface area contributed by atoms with Crippen LogP contribution in [-0.2, 0) is 4.79 Å². The largest absolute Gasteiger partial charge is 0.494 e. The van der Waals surface area contributed by atoms with Crippen molar-refractivity contribution in [1.29, 1.82) is 0 Å². The van der Waals surface area contributed by atoms with Crippen molar-refractivity contribution in [3.8, 4) is 5.75 Å². The monoisotopic (exact) mass is 262 g/mol. The number of amides is 1. The zero-order chi connectivity index (χ0) is 14.4. The quantitative estimate of drug-likeness (QED) is 0.823. The molecule has 2 rings (SSSR count). The van der Waals surface area contributed by atoms with Gasteiger partial charge in [-0.1, -0.05) is 27.7 Å². The summed E-state index contributed by atoms with van der Waals surface area (Å²) in [6.07, 6.45) is 0. The fraction of sp³-hybridized carbons (Fsp3) is 0.533. The standard InChI is InChI=1S/C15H22N2O2/c1-14(2)12(15(14,3)4)13(18)17-10-7-6-9(16)8-11(10)19-5/h6-8,12H,16H2,1-5H3,(H,17,18). The number of nitrogens with two attached hydrogens (primary N) is 1. The van der Waals surface area contributed by atoms with Crippen LogP contribution >= 0.6 is 0 Å². The van der Waals surface area contributed by atoms with Gasteiger partial charge in [-0.05, 0) is 23.0 Å². The number of carbonyl (C=O) groups excluding carboxylic acids is 1. The van der Waals surface area contributed by atoms with Gasteiger partial charge in [0, 0.05) is 17.7 Å². The van der Waals surface area contributed by atoms with Crippen molar-refractivity contribution >= 4 is 17.3 Å². The van der Waals surface area contributed by atoms with Gasteiger partial charge in [-0.25, -0.2) is 0 Å². The first-order chi connectivity index (χ1) is 8.71. The Kier molecular flexibility index (Phi) is 3.00. The molecular formula is C15H22N2O2. The second kappa shape index (κ2) is 4.15. The smallest absolute Gasteiger partial charge is 0.228 e. The first-order valence-corrected chi connectivity index (χ1v) is 6.46. The molecule has 0 atom stereocenters. The van der Waals surface area contributed by atoms with Crippen LogP contribution in [0.1, 0.15) is 27.7 Å². The number of benzene rings is 1. The third-order valence-corrected chi connectivity index (χ3v) is 4.77. The van der Waals surface area contributed by atoms with E-state index < -0.39 is 0 Å². The number of methoxy groups -OCH3 is 1. The molecule has 1 fully saturated rings. The maximum Gasteiger partial charge on any atom is 0.228 e. The van der Waals surface area contributed by atoms with Gasteiger partial charge >= 0.3 is 0 Å². The lowest BCUT2D eigenvalue weighted by molar-refractivity contribution is -0.118. The maximum atomic E-state index is 12.4. The van der Waals surface area contributed by atoms with Crippen LogP contribution in [0, 0.1) is 16.7 Å². The zero-order valence-corrected chi connectivity index (χ0v) is 12.2. The number of rotatable bonds is 3. The molecule has 0 aromatic heterocycles. The average molecular weight is 262 g/mol. The highest BCUT2D eigenvalue weighted by Crippen LogP contribution is 2.68. The molecule has 1 aliphatic carbocycles. The molecule has 3 N–H and O–H groups in total. The van der Waals surface area contributed by atoms with Gasteiger partial charge in [0.2, 0.25) is 5.91 Å². The summed E-state index contributed by atoms with van der Waals surface area (Å²) < 4.78 is 5.24. The predicted octanol–water partition coefficient (Wildman–Crippen LogP) is 2.90. The van der Waals surface area contributed by atoms with Crippen molar-refractivity contribution in [3.05, 3.63) is 18.2 Å². The van der Waals surface area contributed by atoms with Crippen molar-refractivity contribution in [2.45, 2.75) is 27.7 Å². The summed E-state index contributed by atoms with van der Waals surface area (Å²) in [6.45, 7) is 8.49. The number of nitrogen functional groups attached to an aromatic ring is 1. The molecule has 0 radical (unpaired) electrons. The van der Waals surface area contributed by atoms with Crippen LogP contribution in [0.5, 0.6) is 5.75 Å². The van der Waals surface area contributed by atoms with Gasteiger partial charge in [0.25, 0.3) is 0 Å². The second-order valence-electron chi connectivity index (χ2n) is 6.33. The van der Waals surface area contributed by atoms with Crippen molar-refractivity contribution < 1.29 is 9.53 Å². The van der Waals surface area contributed by atoms with Gasteiger partial charge in [0.05, 0.1) is 12.8 Å². The summed E-state index contributed by atoms with van der Waals surface area (Å²) in [5.41, 5.74) is 7.03. The Labute approximate surface area is 114 Å². The summed E-state index contributed by atoms with van der Waals surface area (Å²) >= 11 is 0. The van der Waals surface area contributed by atoms with Crippen LogP contribution in [0.25, 0.3) is 0 Å². The third kappa shape index (κ3) is 2.05. The number of hydrogen-bond acceptors (Lipinski definition) is 3. The van der Waals surface area contributed by atoms with E-state index in [0.717, 1.165) is 0 Å². The van der Waals surface area contributed by atoms with E-state index in [1.165, 1.54) is 0 Å². The molecule has 0 heterocycles. The molecule has 0 unspecified atom stereocenters. The van der Waals surface area contributed by atoms with Crippen LogP contribution < -0.4 is 15.8 Å². The number of anilines is 2. The van der Waals surface area contributed by atoms with E-state index in [1.54, 1.807) is 25.3 Å². The van der Waals surface area contributed by atoms with E-state index in [0.29, 0.717) is 17.1 Å². The van der Waals surface area contributed by atoms with Crippen LogP contribution in [0.15, 0.2) is 18.2 Å². The first kappa shape index (κ1) is 13.7. The predicted molar refractivity (Wildman–Crippen MR) is 77.1 cm³/mol. The Hall–Kier alpha value is -1.71. The molecule has 0 aliphatic heterocycles. The van der Waals surface area contributed by atoms with E-state index >= 15 is 0 Å². The van der Waals surface area contributed by atoms with Crippen molar-refractivity contribution in [1.82, 2.24) is 0 Å². The third-order valence-electron chi connectivity index (χ3n) is 4.77. The Morgan fingerprint density at radius 3 is 2.32 bits per heavy atom. The van der Waals surface area contributed by atoms with Crippen LogP contribution in [0.3, 0.4) is 0 Å². The Morgan fingerprint density at radius 2 is 1.84 bits per heavy atom. The SMILES string of the molecule is COc1cc(N)ccc1NC(=O)C1C(C)(C)C1(C)C. The van der Waals surface area contributed by atoms with Crippen molar-refractivity contribution in [2.75, 3.05) is 18.2 Å². The average Bonchev–Trinajstić information content (AvgIpc) is 2.72. The summed E-state index contributed by atoms with van der Waals surface area (Å²) in [6, 6.07) is 5.23. The van der Waals surface area contributed by atoms with Gasteiger partial charge in [-0.15, -0.1) is 0 Å². The van der Waals surface area contributed by atoms with Crippen LogP contribution in [0.2, 0.25) is 0 Å². The molecule has 1 aliphatic rings. The van der Waals surface area contributed by atoms with Gasteiger partial charge in [0.1, 0.15) is 5.75 Å². The highest BCUT2D eigenvalue weighted by molar-refractivity contribution is 5.97. The normalized spacial score (nSPS) is 19.8. The lowest BCUT2D eigenvalue weighted by Gasteiger charge is -2.11. The van der Waals surface area contributed by atoms with E-state index in [1.807, 2.05) is 0 Å². The van der Waals surface area contributed by atoms with E-state index in [4.69, 9.17) is 10.5 Å². The lowest BCUT2D eigenvalue weighted by atomic mass is 10.0. The molecule has 1 aromatic carbocycles. The summed E-state index contributed by atoms with van der Waals surface area (Å²) in [5, 5.41) is 2.94. The summed E-state index contributed by atoms with van der Waals surface area (Å²) in [5.74, 6) is 0.643. The molecule has 0 spiro atoms. The molecule has 1 saturated carbocycles. The van der Waals surface area contributed by atoms with E-state index in [-0.39, 0.29) is 22.7 Å². The van der Waals surface area contributed by atoms with E-state index in [2.05, 4.69) is 33.0 Å². The van der Waals surface area contributed by atoms with Crippen LogP contribution in [0.4, 0.5) is 11.4 Å². The fourth-order valence-corrected chi connectivity index (χ4v) is 2.87. The Morgan fingerprint density at radius 1 is 1.26 bits per heavy atom. The molecule has 1 amide bonds. The van der Waals surface area contributed by atoms with E-state index in [9.17, 15) is 4.79 Å². The fourth-order valence-electron chi connectivity index (χ4n) is 2.87. The molecule has 0 bridgehead atoms. The van der Waals surface area contributed by atoms with Gasteiger partial charge in [-0.2, -0.15) is 0 Å². The van der Waals surface area contributed by atoms with Gasteiger partial charge in [-0.3, -0.25) is 4.79 Å². The molecule has 19 heavy (non-hydrogen) atoms. The Bertz CT molecular complexity index is 507. The number of carbonyl (C=O) groups is 1. The summed E-state index contributed by atoms with van der Waals surface area (Å²) in [7, 11) is 1.56. The van der Waals surface area contributed by atoms with Gasteiger partial charge < -0.3 is 15.8 Å². The van der Waals surface area contributed by atoms with Crippen LogP contribution in [-0.4, -0.2) is 13.0 Å². The second-order valence-corrected chi connectivity index (χ2v) is 6.33. The molecular weight excluding hydrogens is 240 g/mol. The molecule has 1 aromatic rings. The highest BCUT2D eigenvalue weighted by atomic mass is 16.5. The minimum Gasteiger partial charge on any atom is -0.494 e. The number of nitrogens with one attached hydrogen (secondary N) is 1. The van der Waals surface area contributed by atoms with Gasteiger partial charge in [0.15, 0.2) is 0 Å². The first-order valence-electron chi connectivity index (χ1n) is 6.46. The maximum absolute atomic E-state index is 12.4. The Balaban J connectivity index is 2.17.